The highest BCUT2D eigenvalue weighted by atomic mass is 35.5. The van der Waals surface area contributed by atoms with Crippen LogP contribution in [0.5, 0.6) is 0 Å². The van der Waals surface area contributed by atoms with Crippen LogP contribution >= 0.6 is 23.2 Å². The fourth-order valence-corrected chi connectivity index (χ4v) is 2.64. The third-order valence-corrected chi connectivity index (χ3v) is 4.36. The number of nitrogens with zero attached hydrogens (tertiary/aromatic N) is 1. The fraction of sp³-hybridized carbons (Fsp3) is 0.318. The number of hydrogen-bond donors (Lipinski definition) is 3. The molecule has 0 spiro atoms. The van der Waals surface area contributed by atoms with E-state index in [9.17, 15) is 9.59 Å². The van der Waals surface area contributed by atoms with Crippen molar-refractivity contribution in [2.45, 2.75) is 39.5 Å². The molecule has 2 atom stereocenters. The molecule has 0 amide bonds. The maximum Gasteiger partial charge on any atom is 0.305 e. The molecule has 0 fully saturated rings. The summed E-state index contributed by atoms with van der Waals surface area (Å²) >= 11 is 11.4. The van der Waals surface area contributed by atoms with E-state index in [2.05, 4.69) is 0 Å². The van der Waals surface area contributed by atoms with Crippen molar-refractivity contribution in [3.63, 3.8) is 0 Å². The van der Waals surface area contributed by atoms with E-state index in [0.29, 0.717) is 22.2 Å². The molecule has 0 radical (unpaired) electrons. The van der Waals surface area contributed by atoms with Gasteiger partial charge in [0, 0.05) is 16.0 Å². The van der Waals surface area contributed by atoms with Gasteiger partial charge in [0.1, 0.15) is 0 Å². The minimum Gasteiger partial charge on any atom is -0.481 e. The Morgan fingerprint density at radius 3 is 1.60 bits per heavy atom. The number of nitrogens with two attached hydrogens (primary N) is 1. The van der Waals surface area contributed by atoms with Crippen LogP contribution in [0.25, 0.3) is 0 Å². The number of carboxylic acid groups (broad SMARTS) is 2. The summed E-state index contributed by atoms with van der Waals surface area (Å²) in [6.45, 7) is 0.327. The van der Waals surface area contributed by atoms with Gasteiger partial charge in [-0.25, -0.2) is 0 Å². The van der Waals surface area contributed by atoms with Crippen molar-refractivity contribution in [3.8, 4) is 6.07 Å². The zero-order chi connectivity index (χ0) is 21.1. The highest BCUT2D eigenvalue weighted by Gasteiger charge is 2.14. The molecule has 2 aromatic rings. The average molecular weight is 455 g/mol. The maximum absolute atomic E-state index is 10.5. The molecule has 0 aliphatic rings. The number of carboxylic acids is 2. The second-order valence-electron chi connectivity index (χ2n) is 5.91. The normalized spacial score (nSPS) is 11.3. The van der Waals surface area contributed by atoms with E-state index in [-0.39, 0.29) is 33.6 Å². The van der Waals surface area contributed by atoms with Gasteiger partial charge in [-0.1, -0.05) is 62.3 Å². The van der Waals surface area contributed by atoms with Gasteiger partial charge < -0.3 is 15.9 Å². The zero-order valence-electron chi connectivity index (χ0n) is 14.9. The Bertz CT molecular complexity index is 819. The predicted octanol–water partition coefficient (Wildman–Crippen LogP) is 5.55. The van der Waals surface area contributed by atoms with Crippen LogP contribution in [0.15, 0.2) is 48.5 Å². The highest BCUT2D eigenvalue weighted by molar-refractivity contribution is 6.30. The minimum absolute atomic E-state index is 0. The molecular weight excluding hydrogens is 427 g/mol. The van der Waals surface area contributed by atoms with Crippen LogP contribution in [0.4, 0.5) is 0 Å². The minimum atomic E-state index is -0.980. The maximum atomic E-state index is 10.5. The van der Waals surface area contributed by atoms with Gasteiger partial charge in [0.25, 0.3) is 0 Å². The van der Waals surface area contributed by atoms with Gasteiger partial charge in [-0.2, -0.15) is 5.26 Å². The molecule has 2 rings (SSSR count). The Morgan fingerprint density at radius 2 is 1.27 bits per heavy atom. The molecule has 0 saturated carbocycles. The van der Waals surface area contributed by atoms with E-state index < -0.39 is 17.9 Å². The van der Waals surface area contributed by atoms with Crippen LogP contribution in [-0.4, -0.2) is 28.7 Å². The van der Waals surface area contributed by atoms with E-state index in [0.717, 1.165) is 5.56 Å². The first-order valence-electron chi connectivity index (χ1n) is 8.31. The molecule has 0 saturated heterocycles. The number of nitriles is 1. The van der Waals surface area contributed by atoms with Crippen molar-refractivity contribution in [2.75, 3.05) is 6.54 Å². The summed E-state index contributed by atoms with van der Waals surface area (Å²) in [4.78, 5) is 21.0. The fourth-order valence-electron chi connectivity index (χ4n) is 2.39. The molecule has 4 N–H and O–H groups in total. The van der Waals surface area contributed by atoms with Crippen LogP contribution in [0.1, 0.15) is 50.7 Å². The van der Waals surface area contributed by atoms with Crippen LogP contribution in [0.2, 0.25) is 10.0 Å². The van der Waals surface area contributed by atoms with Crippen molar-refractivity contribution < 1.29 is 19.8 Å². The molecule has 0 aliphatic heterocycles. The molecule has 0 aromatic heterocycles. The first-order valence-corrected chi connectivity index (χ1v) is 9.06. The molecule has 8 heteroatoms. The Balaban J connectivity index is 0. The van der Waals surface area contributed by atoms with Crippen molar-refractivity contribution in [3.05, 3.63) is 69.7 Å². The second kappa shape index (κ2) is 15.3. The van der Waals surface area contributed by atoms with Gasteiger partial charge in [0.05, 0.1) is 24.8 Å². The van der Waals surface area contributed by atoms with Gasteiger partial charge in [-0.05, 0) is 41.9 Å². The molecular formula is C22H28Cl2N2O4. The lowest BCUT2D eigenvalue weighted by molar-refractivity contribution is -0.138. The lowest BCUT2D eigenvalue weighted by atomic mass is 9.96. The third-order valence-electron chi connectivity index (χ3n) is 3.85. The predicted molar refractivity (Wildman–Crippen MR) is 121 cm³/mol. The van der Waals surface area contributed by atoms with E-state index >= 15 is 0 Å². The van der Waals surface area contributed by atoms with E-state index in [1.54, 1.807) is 36.4 Å². The number of halogens is 2. The van der Waals surface area contributed by atoms with Gasteiger partial charge in [0.2, 0.25) is 0 Å². The standard InChI is InChI=1S/C10H12ClNO2.C10H8ClNO2.2CH4/c2*11-9-3-1-7(2-4-9)8(6-12)5-10(13)14;;/h1-4,8H,5-6,12H2,(H,13,14);1-4,8H,5H2,(H,13,14);2*1H4. The van der Waals surface area contributed by atoms with Crippen LogP contribution in [0.3, 0.4) is 0 Å². The summed E-state index contributed by atoms with van der Waals surface area (Å²) in [7, 11) is 0. The first kappa shape index (κ1) is 29.6. The molecule has 164 valence electrons. The van der Waals surface area contributed by atoms with Crippen molar-refractivity contribution in [1.82, 2.24) is 0 Å². The largest absolute Gasteiger partial charge is 0.481 e. The summed E-state index contributed by atoms with van der Waals surface area (Å²) < 4.78 is 0. The number of benzene rings is 2. The van der Waals surface area contributed by atoms with Crippen molar-refractivity contribution in [2.24, 2.45) is 5.73 Å². The first-order chi connectivity index (χ1) is 13.3. The Hall–Kier alpha value is -2.59. The Labute approximate surface area is 187 Å². The van der Waals surface area contributed by atoms with Gasteiger partial charge in [-0.3, -0.25) is 9.59 Å². The molecule has 0 heterocycles. The highest BCUT2D eigenvalue weighted by Crippen LogP contribution is 2.21. The van der Waals surface area contributed by atoms with E-state index in [1.807, 2.05) is 18.2 Å². The van der Waals surface area contributed by atoms with Crippen molar-refractivity contribution in [1.29, 1.82) is 5.26 Å². The average Bonchev–Trinajstić information content (AvgIpc) is 2.66. The molecule has 0 bridgehead atoms. The molecule has 0 aliphatic carbocycles. The topological polar surface area (TPSA) is 124 Å². The molecule has 2 aromatic carbocycles. The Morgan fingerprint density at radius 1 is 0.867 bits per heavy atom. The van der Waals surface area contributed by atoms with E-state index in [1.165, 1.54) is 0 Å². The number of hydrogen-bond acceptors (Lipinski definition) is 4. The van der Waals surface area contributed by atoms with Crippen molar-refractivity contribution >= 4 is 35.1 Å². The quantitative estimate of drug-likeness (QED) is 0.503. The summed E-state index contributed by atoms with van der Waals surface area (Å²) in [5.74, 6) is -2.56. The lowest BCUT2D eigenvalue weighted by Crippen LogP contribution is -2.16. The molecule has 2 unspecified atom stereocenters. The molecule has 30 heavy (non-hydrogen) atoms. The summed E-state index contributed by atoms with van der Waals surface area (Å²) in [6.07, 6.45) is -0.129. The summed E-state index contributed by atoms with van der Waals surface area (Å²) in [5.41, 5.74) is 7.09. The molecule has 6 nitrogen and oxygen atoms in total. The van der Waals surface area contributed by atoms with Gasteiger partial charge in [-0.15, -0.1) is 0 Å². The van der Waals surface area contributed by atoms with Crippen LogP contribution in [0, 0.1) is 11.3 Å². The summed E-state index contributed by atoms with van der Waals surface area (Å²) in [6, 6.07) is 15.7. The SMILES string of the molecule is C.C.N#CC(CC(=O)O)c1ccc(Cl)cc1.NCC(CC(=O)O)c1ccc(Cl)cc1. The number of rotatable bonds is 7. The van der Waals surface area contributed by atoms with E-state index in [4.69, 9.17) is 44.4 Å². The number of carbonyl (C=O) groups is 2. The zero-order valence-corrected chi connectivity index (χ0v) is 16.4. The van der Waals surface area contributed by atoms with Gasteiger partial charge in [0.15, 0.2) is 0 Å². The summed E-state index contributed by atoms with van der Waals surface area (Å²) in [5, 5.41) is 27.2. The third kappa shape index (κ3) is 10.8. The van der Waals surface area contributed by atoms with Crippen LogP contribution < -0.4 is 5.73 Å². The lowest BCUT2D eigenvalue weighted by Gasteiger charge is -2.12. The number of aliphatic carboxylic acids is 2. The Kier molecular flexibility index (Phi) is 15.1. The van der Waals surface area contributed by atoms with Crippen LogP contribution in [-0.2, 0) is 9.59 Å². The second-order valence-corrected chi connectivity index (χ2v) is 6.79. The monoisotopic (exact) mass is 454 g/mol. The van der Waals surface area contributed by atoms with Gasteiger partial charge >= 0.3 is 11.9 Å². The smallest absolute Gasteiger partial charge is 0.305 e.